The van der Waals surface area contributed by atoms with Crippen LogP contribution < -0.4 is 10.6 Å². The largest absolute Gasteiger partial charge is 0.365 e. The summed E-state index contributed by atoms with van der Waals surface area (Å²) in [7, 11) is 0. The highest BCUT2D eigenvalue weighted by Crippen LogP contribution is 2.22. The molecule has 0 saturated heterocycles. The highest BCUT2D eigenvalue weighted by atomic mass is 16.1. The average Bonchev–Trinajstić information content (AvgIpc) is 2.64. The maximum absolute atomic E-state index is 12.5. The van der Waals surface area contributed by atoms with E-state index in [4.69, 9.17) is 0 Å². The minimum absolute atomic E-state index is 0.272. The fraction of sp³-hybridized carbons (Fsp3) is 0.200. The first-order chi connectivity index (χ1) is 12.5. The molecule has 6 nitrogen and oxygen atoms in total. The van der Waals surface area contributed by atoms with Gasteiger partial charge in [0.15, 0.2) is 0 Å². The molecule has 3 aromatic rings. The van der Waals surface area contributed by atoms with Gasteiger partial charge in [-0.25, -0.2) is 9.97 Å². The average molecular weight is 347 g/mol. The molecule has 0 atom stereocenters. The van der Waals surface area contributed by atoms with Crippen molar-refractivity contribution in [3.63, 3.8) is 0 Å². The molecule has 0 saturated carbocycles. The second-order valence-electron chi connectivity index (χ2n) is 6.23. The lowest BCUT2D eigenvalue weighted by atomic mass is 10.1. The van der Waals surface area contributed by atoms with Crippen LogP contribution in [0.2, 0.25) is 0 Å². The third-order valence-electron chi connectivity index (χ3n) is 4.00. The number of aromatic nitrogens is 3. The molecule has 0 spiro atoms. The van der Waals surface area contributed by atoms with Gasteiger partial charge in [-0.1, -0.05) is 23.8 Å². The Morgan fingerprint density at radius 2 is 1.81 bits per heavy atom. The number of nitrogens with one attached hydrogen (secondary N) is 2. The van der Waals surface area contributed by atoms with Gasteiger partial charge in [0.1, 0.15) is 11.5 Å². The summed E-state index contributed by atoms with van der Waals surface area (Å²) in [6, 6.07) is 7.94. The van der Waals surface area contributed by atoms with Gasteiger partial charge in [-0.2, -0.15) is 0 Å². The first-order valence-corrected chi connectivity index (χ1v) is 8.37. The summed E-state index contributed by atoms with van der Waals surface area (Å²) < 4.78 is 0. The summed E-state index contributed by atoms with van der Waals surface area (Å²) in [5, 5.41) is 6.09. The van der Waals surface area contributed by atoms with Gasteiger partial charge >= 0.3 is 0 Å². The van der Waals surface area contributed by atoms with E-state index in [1.807, 2.05) is 45.0 Å². The van der Waals surface area contributed by atoms with Gasteiger partial charge in [0.05, 0.1) is 12.4 Å². The molecular formula is C20H21N5O. The minimum atomic E-state index is -0.272. The third-order valence-corrected chi connectivity index (χ3v) is 4.00. The van der Waals surface area contributed by atoms with Gasteiger partial charge in [-0.05, 0) is 43.5 Å². The van der Waals surface area contributed by atoms with Crippen molar-refractivity contribution in [2.24, 2.45) is 0 Å². The van der Waals surface area contributed by atoms with Gasteiger partial charge in [-0.15, -0.1) is 0 Å². The number of anilines is 2. The number of aryl methyl sites for hydroxylation is 3. The van der Waals surface area contributed by atoms with Gasteiger partial charge in [0.2, 0.25) is 0 Å². The van der Waals surface area contributed by atoms with Crippen LogP contribution in [-0.4, -0.2) is 20.9 Å². The van der Waals surface area contributed by atoms with Crippen LogP contribution in [0.25, 0.3) is 0 Å². The van der Waals surface area contributed by atoms with Crippen LogP contribution in [0.4, 0.5) is 11.5 Å². The molecule has 2 heterocycles. The van der Waals surface area contributed by atoms with E-state index in [0.29, 0.717) is 12.4 Å². The van der Waals surface area contributed by atoms with E-state index in [1.54, 1.807) is 18.6 Å². The van der Waals surface area contributed by atoms with Crippen LogP contribution in [0.1, 0.15) is 32.7 Å². The number of nitrogens with zero attached hydrogens (tertiary/aromatic N) is 3. The van der Waals surface area contributed by atoms with E-state index in [1.165, 1.54) is 11.8 Å². The number of carbonyl (C=O) groups is 1. The predicted molar refractivity (Wildman–Crippen MR) is 102 cm³/mol. The molecule has 2 N–H and O–H groups in total. The van der Waals surface area contributed by atoms with E-state index < -0.39 is 0 Å². The van der Waals surface area contributed by atoms with Gasteiger partial charge in [0, 0.05) is 24.6 Å². The molecule has 132 valence electrons. The summed E-state index contributed by atoms with van der Waals surface area (Å²) in [5.41, 5.74) is 5.36. The van der Waals surface area contributed by atoms with Crippen LogP contribution in [0.15, 0.2) is 49.1 Å². The highest BCUT2D eigenvalue weighted by molar-refractivity contribution is 6.03. The predicted octanol–water partition coefficient (Wildman–Crippen LogP) is 3.66. The van der Waals surface area contributed by atoms with Crippen LogP contribution in [0.3, 0.4) is 0 Å². The Bertz CT molecular complexity index is 884. The topological polar surface area (TPSA) is 79.8 Å². The lowest BCUT2D eigenvalue weighted by Crippen LogP contribution is -2.16. The van der Waals surface area contributed by atoms with Gasteiger partial charge in [-0.3, -0.25) is 9.78 Å². The zero-order valence-electron chi connectivity index (χ0n) is 15.1. The molecule has 2 aromatic heterocycles. The molecule has 0 aliphatic rings. The molecule has 3 rings (SSSR count). The van der Waals surface area contributed by atoms with Crippen LogP contribution in [0.5, 0.6) is 0 Å². The first-order valence-electron chi connectivity index (χ1n) is 8.37. The molecule has 0 unspecified atom stereocenters. The Labute approximate surface area is 152 Å². The molecule has 0 fully saturated rings. The number of pyridine rings is 1. The summed E-state index contributed by atoms with van der Waals surface area (Å²) in [5.74, 6) is 0.333. The van der Waals surface area contributed by atoms with Crippen molar-refractivity contribution in [1.29, 1.82) is 0 Å². The number of amides is 1. The van der Waals surface area contributed by atoms with Crippen LogP contribution in [-0.2, 0) is 6.54 Å². The molecule has 0 bridgehead atoms. The number of hydrogen-bond acceptors (Lipinski definition) is 5. The SMILES string of the molecule is Cc1cc(C)c(NC(=O)c2cnc(NCc3cccnc3)cn2)c(C)c1. The summed E-state index contributed by atoms with van der Waals surface area (Å²) in [4.78, 5) is 25.0. The lowest BCUT2D eigenvalue weighted by molar-refractivity contribution is 0.102. The zero-order chi connectivity index (χ0) is 18.5. The minimum Gasteiger partial charge on any atom is -0.365 e. The molecule has 26 heavy (non-hydrogen) atoms. The quantitative estimate of drug-likeness (QED) is 0.736. The second-order valence-corrected chi connectivity index (χ2v) is 6.23. The van der Waals surface area contributed by atoms with Crippen molar-refractivity contribution < 1.29 is 4.79 Å². The summed E-state index contributed by atoms with van der Waals surface area (Å²) in [6.07, 6.45) is 6.54. The van der Waals surface area contributed by atoms with Crippen molar-refractivity contribution in [3.05, 3.63) is 77.0 Å². The fourth-order valence-electron chi connectivity index (χ4n) is 2.79. The number of rotatable bonds is 5. The van der Waals surface area contributed by atoms with E-state index in [0.717, 1.165) is 22.4 Å². The van der Waals surface area contributed by atoms with E-state index in [-0.39, 0.29) is 11.6 Å². The Hall–Kier alpha value is -3.28. The molecule has 0 radical (unpaired) electrons. The number of benzene rings is 1. The van der Waals surface area contributed by atoms with E-state index in [9.17, 15) is 4.79 Å². The number of hydrogen-bond donors (Lipinski definition) is 2. The zero-order valence-corrected chi connectivity index (χ0v) is 15.1. The number of carbonyl (C=O) groups excluding carboxylic acids is 1. The Kier molecular flexibility index (Phi) is 5.22. The lowest BCUT2D eigenvalue weighted by Gasteiger charge is -2.12. The van der Waals surface area contributed by atoms with E-state index >= 15 is 0 Å². The monoisotopic (exact) mass is 347 g/mol. The normalized spacial score (nSPS) is 10.4. The van der Waals surface area contributed by atoms with Crippen LogP contribution >= 0.6 is 0 Å². The maximum Gasteiger partial charge on any atom is 0.275 e. The Balaban J connectivity index is 1.66. The highest BCUT2D eigenvalue weighted by Gasteiger charge is 2.12. The molecule has 6 heteroatoms. The first kappa shape index (κ1) is 17.5. The molecule has 1 amide bonds. The fourth-order valence-corrected chi connectivity index (χ4v) is 2.79. The molecule has 1 aromatic carbocycles. The third kappa shape index (κ3) is 4.22. The van der Waals surface area contributed by atoms with Crippen molar-refractivity contribution in [2.75, 3.05) is 10.6 Å². The molecule has 0 aliphatic carbocycles. The van der Waals surface area contributed by atoms with Crippen molar-refractivity contribution in [1.82, 2.24) is 15.0 Å². The smallest absolute Gasteiger partial charge is 0.275 e. The van der Waals surface area contributed by atoms with Crippen molar-refractivity contribution in [2.45, 2.75) is 27.3 Å². The van der Waals surface area contributed by atoms with Crippen LogP contribution in [0, 0.1) is 20.8 Å². The second kappa shape index (κ2) is 7.74. The molecular weight excluding hydrogens is 326 g/mol. The summed E-state index contributed by atoms with van der Waals surface area (Å²) >= 11 is 0. The molecule has 0 aliphatic heterocycles. The standard InChI is InChI=1S/C20H21N5O/c1-13-7-14(2)19(15(3)8-13)25-20(26)17-11-24-18(12-22-17)23-10-16-5-4-6-21-9-16/h4-9,11-12H,10H2,1-3H3,(H,23,24)(H,25,26). The van der Waals surface area contributed by atoms with Crippen molar-refractivity contribution >= 4 is 17.4 Å². The Morgan fingerprint density at radius 1 is 1.04 bits per heavy atom. The van der Waals surface area contributed by atoms with Crippen molar-refractivity contribution in [3.8, 4) is 0 Å². The van der Waals surface area contributed by atoms with Gasteiger partial charge in [0.25, 0.3) is 5.91 Å². The summed E-state index contributed by atoms with van der Waals surface area (Å²) in [6.45, 7) is 6.59. The van der Waals surface area contributed by atoms with Gasteiger partial charge < -0.3 is 10.6 Å². The van der Waals surface area contributed by atoms with E-state index in [2.05, 4.69) is 25.6 Å². The maximum atomic E-state index is 12.5. The Morgan fingerprint density at radius 3 is 2.42 bits per heavy atom.